The van der Waals surface area contributed by atoms with E-state index in [1.54, 1.807) is 13.2 Å². The van der Waals surface area contributed by atoms with Crippen molar-refractivity contribution in [2.24, 2.45) is 5.84 Å². The maximum Gasteiger partial charge on any atom is 0.137 e. The van der Waals surface area contributed by atoms with Crippen LogP contribution in [0.1, 0.15) is 22.7 Å². The van der Waals surface area contributed by atoms with Crippen LogP contribution in [-0.2, 0) is 0 Å². The van der Waals surface area contributed by atoms with Gasteiger partial charge in [0, 0.05) is 5.02 Å². The van der Waals surface area contributed by atoms with Crippen LogP contribution in [0.15, 0.2) is 36.4 Å². The lowest BCUT2D eigenvalue weighted by molar-refractivity contribution is 0.414. The first-order valence-corrected chi connectivity index (χ1v) is 6.88. The van der Waals surface area contributed by atoms with Gasteiger partial charge in [-0.05, 0) is 41.8 Å². The van der Waals surface area contributed by atoms with Crippen molar-refractivity contribution in [3.63, 3.8) is 0 Å². The Morgan fingerprint density at radius 3 is 2.55 bits per heavy atom. The van der Waals surface area contributed by atoms with Gasteiger partial charge in [-0.1, -0.05) is 41.4 Å². The Kier molecular flexibility index (Phi) is 4.89. The fourth-order valence-corrected chi connectivity index (χ4v) is 2.53. The molecule has 1 atom stereocenters. The van der Waals surface area contributed by atoms with Crippen molar-refractivity contribution in [3.05, 3.63) is 63.1 Å². The molecule has 2 rings (SSSR count). The molecular formula is C15H16Cl2N2O. The van der Waals surface area contributed by atoms with E-state index in [-0.39, 0.29) is 6.04 Å². The van der Waals surface area contributed by atoms with E-state index in [9.17, 15) is 0 Å². The number of hydrogen-bond donors (Lipinski definition) is 2. The van der Waals surface area contributed by atoms with E-state index in [1.165, 1.54) is 0 Å². The minimum absolute atomic E-state index is 0.181. The average Bonchev–Trinajstić information content (AvgIpc) is 2.45. The Bertz CT molecular complexity index is 617. The summed E-state index contributed by atoms with van der Waals surface area (Å²) in [7, 11) is 1.58. The second-order valence-corrected chi connectivity index (χ2v) is 5.26. The Labute approximate surface area is 128 Å². The number of hydrogen-bond acceptors (Lipinski definition) is 3. The van der Waals surface area contributed by atoms with Crippen LogP contribution in [0, 0.1) is 6.92 Å². The maximum atomic E-state index is 6.17. The predicted molar refractivity (Wildman–Crippen MR) is 83.4 cm³/mol. The molecule has 0 aliphatic heterocycles. The van der Waals surface area contributed by atoms with E-state index in [1.807, 2.05) is 37.3 Å². The number of hydrazine groups is 1. The van der Waals surface area contributed by atoms with Crippen LogP contribution in [0.3, 0.4) is 0 Å². The van der Waals surface area contributed by atoms with Crippen LogP contribution in [0.2, 0.25) is 10.0 Å². The molecule has 2 aromatic rings. The minimum Gasteiger partial charge on any atom is -0.495 e. The van der Waals surface area contributed by atoms with Gasteiger partial charge in [-0.25, -0.2) is 5.43 Å². The molecule has 1 unspecified atom stereocenters. The molecule has 0 saturated carbocycles. The summed E-state index contributed by atoms with van der Waals surface area (Å²) in [5, 5.41) is 1.28. The number of nitrogens with two attached hydrogens (primary N) is 1. The fraction of sp³-hybridized carbons (Fsp3) is 0.200. The minimum atomic E-state index is -0.181. The SMILES string of the molecule is COc1cc(C(NN)c2cccc(Cl)c2C)ccc1Cl. The number of halogens is 2. The third-order valence-electron chi connectivity index (χ3n) is 3.30. The Hall–Kier alpha value is -1.26. The molecule has 0 aliphatic rings. The highest BCUT2D eigenvalue weighted by Crippen LogP contribution is 2.32. The lowest BCUT2D eigenvalue weighted by atomic mass is 9.95. The average molecular weight is 311 g/mol. The summed E-state index contributed by atoms with van der Waals surface area (Å²) >= 11 is 12.2. The summed E-state index contributed by atoms with van der Waals surface area (Å²) in [6.07, 6.45) is 0. The second-order valence-electron chi connectivity index (χ2n) is 4.45. The third-order valence-corrected chi connectivity index (χ3v) is 4.02. The fourth-order valence-electron chi connectivity index (χ4n) is 2.16. The second kappa shape index (κ2) is 6.46. The number of methoxy groups -OCH3 is 1. The Morgan fingerprint density at radius 1 is 1.15 bits per heavy atom. The summed E-state index contributed by atoms with van der Waals surface area (Å²) in [5.74, 6) is 6.33. The maximum absolute atomic E-state index is 6.17. The van der Waals surface area contributed by atoms with Gasteiger partial charge in [-0.2, -0.15) is 0 Å². The van der Waals surface area contributed by atoms with Gasteiger partial charge in [0.05, 0.1) is 18.2 Å². The molecule has 106 valence electrons. The lowest BCUT2D eigenvalue weighted by Crippen LogP contribution is -2.29. The lowest BCUT2D eigenvalue weighted by Gasteiger charge is -2.20. The van der Waals surface area contributed by atoms with Gasteiger partial charge in [0.25, 0.3) is 0 Å². The smallest absolute Gasteiger partial charge is 0.137 e. The third kappa shape index (κ3) is 2.91. The van der Waals surface area contributed by atoms with Crippen LogP contribution in [0.4, 0.5) is 0 Å². The van der Waals surface area contributed by atoms with Crippen molar-refractivity contribution in [1.29, 1.82) is 0 Å². The Balaban J connectivity index is 2.49. The summed E-state index contributed by atoms with van der Waals surface area (Å²) in [5.41, 5.74) is 5.78. The van der Waals surface area contributed by atoms with Gasteiger partial charge in [0.1, 0.15) is 5.75 Å². The first-order chi connectivity index (χ1) is 9.58. The van der Waals surface area contributed by atoms with Crippen molar-refractivity contribution in [3.8, 4) is 5.75 Å². The molecule has 0 radical (unpaired) electrons. The molecule has 2 aromatic carbocycles. The first-order valence-electron chi connectivity index (χ1n) is 6.13. The van der Waals surface area contributed by atoms with Gasteiger partial charge < -0.3 is 4.74 Å². The highest BCUT2D eigenvalue weighted by atomic mass is 35.5. The number of nitrogens with one attached hydrogen (secondary N) is 1. The van der Waals surface area contributed by atoms with E-state index in [0.29, 0.717) is 15.8 Å². The van der Waals surface area contributed by atoms with Crippen LogP contribution in [0.5, 0.6) is 5.75 Å². The summed E-state index contributed by atoms with van der Waals surface area (Å²) < 4.78 is 5.24. The highest BCUT2D eigenvalue weighted by Gasteiger charge is 2.17. The van der Waals surface area contributed by atoms with Crippen LogP contribution in [0.25, 0.3) is 0 Å². The van der Waals surface area contributed by atoms with E-state index in [4.69, 9.17) is 33.8 Å². The summed E-state index contributed by atoms with van der Waals surface area (Å²) in [6, 6.07) is 11.1. The van der Waals surface area contributed by atoms with Crippen molar-refractivity contribution in [2.45, 2.75) is 13.0 Å². The van der Waals surface area contributed by atoms with Crippen molar-refractivity contribution >= 4 is 23.2 Å². The van der Waals surface area contributed by atoms with Crippen molar-refractivity contribution in [1.82, 2.24) is 5.43 Å². The number of ether oxygens (including phenoxy) is 1. The molecule has 5 heteroatoms. The van der Waals surface area contributed by atoms with Gasteiger partial charge in [0.2, 0.25) is 0 Å². The first kappa shape index (κ1) is 15.1. The molecule has 0 fully saturated rings. The van der Waals surface area contributed by atoms with E-state index < -0.39 is 0 Å². The molecule has 0 aromatic heterocycles. The monoisotopic (exact) mass is 310 g/mol. The largest absolute Gasteiger partial charge is 0.495 e. The van der Waals surface area contributed by atoms with Gasteiger partial charge in [-0.15, -0.1) is 0 Å². The molecule has 0 heterocycles. The van der Waals surface area contributed by atoms with E-state index in [0.717, 1.165) is 16.7 Å². The summed E-state index contributed by atoms with van der Waals surface area (Å²) in [6.45, 7) is 1.97. The predicted octanol–water partition coefficient (Wildman–Crippen LogP) is 3.86. The number of rotatable bonds is 4. The Morgan fingerprint density at radius 2 is 1.90 bits per heavy atom. The summed E-state index contributed by atoms with van der Waals surface area (Å²) in [4.78, 5) is 0. The standard InChI is InChI=1S/C15H16Cl2N2O/c1-9-11(4-3-5-12(9)16)15(19-18)10-6-7-13(17)14(8-10)20-2/h3-8,15,19H,18H2,1-2H3. The topological polar surface area (TPSA) is 47.3 Å². The van der Waals surface area contributed by atoms with Crippen LogP contribution in [-0.4, -0.2) is 7.11 Å². The molecule has 0 amide bonds. The zero-order chi connectivity index (χ0) is 14.7. The van der Waals surface area contributed by atoms with E-state index in [2.05, 4.69) is 5.43 Å². The normalized spacial score (nSPS) is 12.2. The highest BCUT2D eigenvalue weighted by molar-refractivity contribution is 6.32. The van der Waals surface area contributed by atoms with Gasteiger partial charge in [0.15, 0.2) is 0 Å². The van der Waals surface area contributed by atoms with Crippen LogP contribution >= 0.6 is 23.2 Å². The quantitative estimate of drug-likeness (QED) is 0.666. The zero-order valence-electron chi connectivity index (χ0n) is 11.3. The molecule has 20 heavy (non-hydrogen) atoms. The molecule has 0 saturated heterocycles. The van der Waals surface area contributed by atoms with Crippen molar-refractivity contribution in [2.75, 3.05) is 7.11 Å². The van der Waals surface area contributed by atoms with Crippen molar-refractivity contribution < 1.29 is 4.74 Å². The molecule has 0 aliphatic carbocycles. The molecule has 0 spiro atoms. The zero-order valence-corrected chi connectivity index (χ0v) is 12.8. The van der Waals surface area contributed by atoms with Crippen LogP contribution < -0.4 is 16.0 Å². The van der Waals surface area contributed by atoms with Gasteiger partial charge >= 0.3 is 0 Å². The molecule has 3 N–H and O–H groups in total. The number of benzene rings is 2. The van der Waals surface area contributed by atoms with E-state index >= 15 is 0 Å². The molecule has 3 nitrogen and oxygen atoms in total. The van der Waals surface area contributed by atoms with Gasteiger partial charge in [-0.3, -0.25) is 5.84 Å². The molecular weight excluding hydrogens is 295 g/mol. The molecule has 0 bridgehead atoms.